The predicted octanol–water partition coefficient (Wildman–Crippen LogP) is 0.813. The minimum Gasteiger partial charge on any atom is -0.505 e. The molecule has 18 heteroatoms. The van der Waals surface area contributed by atoms with E-state index >= 15 is 0 Å². The fourth-order valence-corrected chi connectivity index (χ4v) is 7.69. The molecule has 0 bridgehead atoms. The quantitative estimate of drug-likeness (QED) is 0.126. The summed E-state index contributed by atoms with van der Waals surface area (Å²) in [5.74, 6) is -5.83. The molecule has 330 valence electrons. The molecule has 0 saturated carbocycles. The first-order valence-electron chi connectivity index (χ1n) is 20.5. The van der Waals surface area contributed by atoms with Gasteiger partial charge in [-0.15, -0.1) is 0 Å². The molecule has 3 aromatic rings. The van der Waals surface area contributed by atoms with E-state index in [1.165, 1.54) is 54.1 Å². The summed E-state index contributed by atoms with van der Waals surface area (Å²) < 4.78 is 4.95. The number of ketones is 1. The van der Waals surface area contributed by atoms with Crippen molar-refractivity contribution in [3.05, 3.63) is 95.8 Å². The fourth-order valence-electron chi connectivity index (χ4n) is 7.69. The highest BCUT2D eigenvalue weighted by molar-refractivity contribution is 6.01. The number of aromatic nitrogens is 1. The Balaban J connectivity index is 1.36. The third-order valence-corrected chi connectivity index (χ3v) is 11.1. The number of pyridine rings is 1. The molecule has 2 aliphatic rings. The van der Waals surface area contributed by atoms with Crippen molar-refractivity contribution >= 4 is 47.2 Å². The van der Waals surface area contributed by atoms with Crippen molar-refractivity contribution in [1.29, 1.82) is 0 Å². The highest BCUT2D eigenvalue weighted by Crippen LogP contribution is 2.26. The summed E-state index contributed by atoms with van der Waals surface area (Å²) in [7, 11) is 2.62. The summed E-state index contributed by atoms with van der Waals surface area (Å²) in [6, 6.07) is 12.4. The maximum atomic E-state index is 14.8. The Labute approximate surface area is 359 Å². The van der Waals surface area contributed by atoms with Crippen LogP contribution in [-0.2, 0) is 44.7 Å². The molecule has 5 rings (SSSR count). The van der Waals surface area contributed by atoms with Crippen molar-refractivity contribution in [2.24, 2.45) is 0 Å². The SMILES string of the molecule is CC[C@@H](NC(=O)[C@@H](NC(=O)c1ncccc1O)[C@@H](C)O)C(=O)N1CCC[C@H]1C(=O)N(C)[C@@H](Cc1ccccc1)C(=O)N1CCC(=O)C[C@H]1C(=O)N[C@H](C(=O)OC)c1ccccc1. The summed E-state index contributed by atoms with van der Waals surface area (Å²) in [6.07, 6.45) is 0.248. The van der Waals surface area contributed by atoms with Gasteiger partial charge in [-0.3, -0.25) is 33.6 Å². The van der Waals surface area contributed by atoms with Crippen LogP contribution in [0.3, 0.4) is 0 Å². The van der Waals surface area contributed by atoms with Gasteiger partial charge in [0, 0.05) is 45.6 Å². The lowest BCUT2D eigenvalue weighted by molar-refractivity contribution is -0.155. The lowest BCUT2D eigenvalue weighted by Gasteiger charge is -2.40. The van der Waals surface area contributed by atoms with Crippen LogP contribution in [0.15, 0.2) is 79.0 Å². The zero-order valence-electron chi connectivity index (χ0n) is 35.1. The van der Waals surface area contributed by atoms with Gasteiger partial charge in [0.25, 0.3) is 5.91 Å². The van der Waals surface area contributed by atoms with E-state index in [2.05, 4.69) is 20.9 Å². The van der Waals surface area contributed by atoms with Crippen molar-refractivity contribution in [1.82, 2.24) is 35.6 Å². The number of hydrogen-bond donors (Lipinski definition) is 5. The molecule has 7 atom stereocenters. The van der Waals surface area contributed by atoms with Crippen LogP contribution >= 0.6 is 0 Å². The summed E-state index contributed by atoms with van der Waals surface area (Å²) in [4.78, 5) is 117. The number of rotatable bonds is 16. The molecule has 0 unspecified atom stereocenters. The average Bonchev–Trinajstić information content (AvgIpc) is 3.78. The first kappa shape index (κ1) is 46.4. The van der Waals surface area contributed by atoms with Crippen LogP contribution in [0, 0.1) is 0 Å². The van der Waals surface area contributed by atoms with Gasteiger partial charge in [0.05, 0.1) is 13.2 Å². The Hall–Kier alpha value is -6.69. The second-order valence-corrected chi connectivity index (χ2v) is 15.3. The summed E-state index contributed by atoms with van der Waals surface area (Å²) in [6.45, 7) is 2.94. The van der Waals surface area contributed by atoms with Crippen molar-refractivity contribution in [2.45, 2.75) is 94.7 Å². The summed E-state index contributed by atoms with van der Waals surface area (Å²) >= 11 is 0. The van der Waals surface area contributed by atoms with Gasteiger partial charge in [-0.2, -0.15) is 0 Å². The van der Waals surface area contributed by atoms with Gasteiger partial charge >= 0.3 is 5.97 Å². The number of hydrogen-bond acceptors (Lipinski definition) is 12. The van der Waals surface area contributed by atoms with Crippen molar-refractivity contribution in [2.75, 3.05) is 27.2 Å². The molecule has 0 aliphatic carbocycles. The summed E-state index contributed by atoms with van der Waals surface area (Å²) in [5.41, 5.74) is 0.751. The molecular weight excluding hydrogens is 803 g/mol. The highest BCUT2D eigenvalue weighted by Gasteiger charge is 2.45. The minimum absolute atomic E-state index is 0.0204. The fraction of sp³-hybridized carbons (Fsp3) is 0.432. The molecular formula is C44H53N7O11. The number of methoxy groups -OCH3 is 1. The van der Waals surface area contributed by atoms with E-state index in [4.69, 9.17) is 4.74 Å². The van der Waals surface area contributed by atoms with Crippen LogP contribution in [0.4, 0.5) is 0 Å². The predicted molar refractivity (Wildman–Crippen MR) is 222 cm³/mol. The standard InChI is InChI=1S/C44H53N7O11/c1-5-30(46-39(56)35(26(2)52)47-40(57)37-34(54)19-12-21-45-37)41(58)50-22-13-18-31(50)42(59)49(3)33(24-27-14-8-6-9-15-27)43(60)51-23-20-29(53)25-32(51)38(55)48-36(44(61)62-4)28-16-10-7-11-17-28/h6-12,14-17,19,21,26,30-33,35-36,52,54H,5,13,18,20,22-25H2,1-4H3,(H,46,56)(H,47,57)(H,48,55)/t26-,30-,31+,32+,33+,35+,36+/m1/s1. The molecule has 0 spiro atoms. The first-order valence-corrected chi connectivity index (χ1v) is 20.5. The molecule has 5 N–H and O–H groups in total. The molecule has 1 aromatic heterocycles. The average molecular weight is 856 g/mol. The zero-order valence-corrected chi connectivity index (χ0v) is 35.1. The topological polar surface area (TPSA) is 245 Å². The Bertz CT molecular complexity index is 2120. The van der Waals surface area contributed by atoms with Gasteiger partial charge in [-0.25, -0.2) is 9.78 Å². The van der Waals surface area contributed by atoms with Crippen molar-refractivity contribution in [3.63, 3.8) is 0 Å². The number of nitrogens with one attached hydrogen (secondary N) is 3. The molecule has 2 aromatic carbocycles. The molecule has 2 saturated heterocycles. The number of ether oxygens (including phenoxy) is 1. The monoisotopic (exact) mass is 855 g/mol. The number of piperidine rings is 1. The lowest BCUT2D eigenvalue weighted by atomic mass is 9.96. The maximum absolute atomic E-state index is 14.8. The van der Waals surface area contributed by atoms with E-state index < -0.39 is 89.5 Å². The Kier molecular flexibility index (Phi) is 15.9. The van der Waals surface area contributed by atoms with E-state index in [1.54, 1.807) is 67.6 Å². The maximum Gasteiger partial charge on any atom is 0.333 e. The van der Waals surface area contributed by atoms with Gasteiger partial charge < -0.3 is 45.6 Å². The first-order chi connectivity index (χ1) is 29.7. The number of esters is 1. The number of benzene rings is 2. The number of likely N-dealkylation sites (N-methyl/N-ethyl adjacent to an activating group) is 1. The van der Waals surface area contributed by atoms with Crippen LogP contribution in [0.1, 0.15) is 73.6 Å². The Morgan fingerprint density at radius 1 is 0.887 bits per heavy atom. The molecule has 2 fully saturated rings. The second kappa shape index (κ2) is 21.2. The number of aliphatic hydroxyl groups is 1. The molecule has 18 nitrogen and oxygen atoms in total. The second-order valence-electron chi connectivity index (χ2n) is 15.3. The van der Waals surface area contributed by atoms with Gasteiger partial charge in [-0.05, 0) is 49.4 Å². The lowest BCUT2D eigenvalue weighted by Crippen LogP contribution is -2.61. The van der Waals surface area contributed by atoms with Gasteiger partial charge in [0.1, 0.15) is 41.7 Å². The minimum atomic E-state index is -1.54. The van der Waals surface area contributed by atoms with E-state index in [0.29, 0.717) is 17.5 Å². The highest BCUT2D eigenvalue weighted by atomic mass is 16.5. The number of amides is 6. The van der Waals surface area contributed by atoms with Crippen LogP contribution in [0.5, 0.6) is 5.75 Å². The van der Waals surface area contributed by atoms with Crippen LogP contribution < -0.4 is 16.0 Å². The summed E-state index contributed by atoms with van der Waals surface area (Å²) in [5, 5.41) is 28.1. The Morgan fingerprint density at radius 2 is 1.55 bits per heavy atom. The third kappa shape index (κ3) is 11.0. The number of aliphatic hydroxyl groups excluding tert-OH is 1. The normalized spacial score (nSPS) is 18.6. The number of nitrogens with zero attached hydrogens (tertiary/aromatic N) is 4. The van der Waals surface area contributed by atoms with E-state index in [9.17, 15) is 48.6 Å². The number of likely N-dealkylation sites (tertiary alicyclic amines) is 2. The van der Waals surface area contributed by atoms with E-state index in [-0.39, 0.29) is 56.7 Å². The van der Waals surface area contributed by atoms with Crippen LogP contribution in [-0.4, -0.2) is 141 Å². The third-order valence-electron chi connectivity index (χ3n) is 11.1. The van der Waals surface area contributed by atoms with Crippen LogP contribution in [0.2, 0.25) is 0 Å². The van der Waals surface area contributed by atoms with Crippen LogP contribution in [0.25, 0.3) is 0 Å². The number of aromatic hydroxyl groups is 1. The molecule has 62 heavy (non-hydrogen) atoms. The van der Waals surface area contributed by atoms with Gasteiger partial charge in [0.15, 0.2) is 11.7 Å². The smallest absolute Gasteiger partial charge is 0.333 e. The van der Waals surface area contributed by atoms with E-state index in [1.807, 2.05) is 0 Å². The Morgan fingerprint density at radius 3 is 2.18 bits per heavy atom. The number of carbonyl (C=O) groups excluding carboxylic acids is 8. The van der Waals surface area contributed by atoms with Crippen molar-refractivity contribution < 1.29 is 53.3 Å². The zero-order chi connectivity index (χ0) is 45.1. The molecule has 2 aliphatic heterocycles. The van der Waals surface area contributed by atoms with Gasteiger partial charge in [0.2, 0.25) is 29.5 Å². The molecule has 0 radical (unpaired) electrons. The van der Waals surface area contributed by atoms with E-state index in [0.717, 1.165) is 0 Å². The number of carbonyl (C=O) groups is 8. The van der Waals surface area contributed by atoms with Crippen molar-refractivity contribution in [3.8, 4) is 5.75 Å². The van der Waals surface area contributed by atoms with Gasteiger partial charge in [-0.1, -0.05) is 67.6 Å². The number of Topliss-reactive ketones (excluding diaryl/α,β-unsaturated/α-hetero) is 1. The largest absolute Gasteiger partial charge is 0.505 e. The molecule has 3 heterocycles. The molecule has 6 amide bonds.